The molecule has 0 aromatic heterocycles. The molecule has 0 aliphatic carbocycles. The lowest BCUT2D eigenvalue weighted by Gasteiger charge is -1.98. The third-order valence-electron chi connectivity index (χ3n) is 1.78. The Morgan fingerprint density at radius 1 is 0.643 bits per heavy atom. The Hall–Kier alpha value is -0.960. The summed E-state index contributed by atoms with van der Waals surface area (Å²) in [7, 11) is 0. The first kappa shape index (κ1) is 11.1. The molecule has 2 nitrogen and oxygen atoms in total. The summed E-state index contributed by atoms with van der Waals surface area (Å²) in [5, 5.41) is 0. The van der Waals surface area contributed by atoms with Crippen molar-refractivity contribution in [3.05, 3.63) is 0 Å². The third kappa shape index (κ3) is 6.54. The van der Waals surface area contributed by atoms with Gasteiger partial charge in [0.15, 0.2) is 0 Å². The zero-order chi connectivity index (χ0) is 9.90. The smallest absolute Gasteiger partial charge is 0.107 e. The predicted octanol–water partition coefficient (Wildman–Crippen LogP) is 1.60. The van der Waals surface area contributed by atoms with Crippen molar-refractivity contribution in [3.8, 4) is 23.7 Å². The van der Waals surface area contributed by atoms with Gasteiger partial charge in [-0.1, -0.05) is 11.8 Å². The SMILES string of the molecule is C1#CCOCCCC#CCOCCC1. The van der Waals surface area contributed by atoms with Crippen LogP contribution in [0, 0.1) is 23.7 Å². The monoisotopic (exact) mass is 192 g/mol. The van der Waals surface area contributed by atoms with E-state index in [2.05, 4.69) is 23.7 Å². The highest BCUT2D eigenvalue weighted by atomic mass is 16.5. The second kappa shape index (κ2) is 8.63. The van der Waals surface area contributed by atoms with Crippen LogP contribution in [-0.4, -0.2) is 26.4 Å². The van der Waals surface area contributed by atoms with Crippen LogP contribution < -0.4 is 0 Å². The van der Waals surface area contributed by atoms with Gasteiger partial charge >= 0.3 is 0 Å². The fourth-order valence-electron chi connectivity index (χ4n) is 1.05. The third-order valence-corrected chi connectivity index (χ3v) is 1.78. The highest BCUT2D eigenvalue weighted by molar-refractivity contribution is 5.00. The summed E-state index contributed by atoms with van der Waals surface area (Å²) in [4.78, 5) is 0. The van der Waals surface area contributed by atoms with Crippen molar-refractivity contribution in [1.29, 1.82) is 0 Å². The number of ether oxygens (including phenoxy) is 2. The molecule has 1 aliphatic heterocycles. The van der Waals surface area contributed by atoms with E-state index in [-0.39, 0.29) is 0 Å². The van der Waals surface area contributed by atoms with Crippen LogP contribution in [0.15, 0.2) is 0 Å². The lowest BCUT2D eigenvalue weighted by Crippen LogP contribution is -1.96. The fourth-order valence-corrected chi connectivity index (χ4v) is 1.05. The van der Waals surface area contributed by atoms with Gasteiger partial charge in [0.1, 0.15) is 13.2 Å². The number of hydrogen-bond donors (Lipinski definition) is 0. The molecule has 0 saturated carbocycles. The van der Waals surface area contributed by atoms with Gasteiger partial charge in [-0.3, -0.25) is 0 Å². The lowest BCUT2D eigenvalue weighted by atomic mass is 10.3. The van der Waals surface area contributed by atoms with E-state index in [1.165, 1.54) is 0 Å². The molecule has 0 saturated heterocycles. The van der Waals surface area contributed by atoms with Gasteiger partial charge in [0.05, 0.1) is 0 Å². The molecule has 0 bridgehead atoms. The van der Waals surface area contributed by atoms with E-state index >= 15 is 0 Å². The second-order valence-corrected chi connectivity index (χ2v) is 3.02. The van der Waals surface area contributed by atoms with E-state index in [1.807, 2.05) is 0 Å². The number of hydrogen-bond acceptors (Lipinski definition) is 2. The topological polar surface area (TPSA) is 18.5 Å². The van der Waals surface area contributed by atoms with Crippen LogP contribution >= 0.6 is 0 Å². The zero-order valence-corrected chi connectivity index (χ0v) is 8.47. The molecular weight excluding hydrogens is 176 g/mol. The average molecular weight is 192 g/mol. The average Bonchev–Trinajstić information content (AvgIpc) is 2.22. The van der Waals surface area contributed by atoms with Crippen molar-refractivity contribution >= 4 is 0 Å². The fraction of sp³-hybridized carbons (Fsp3) is 0.667. The molecule has 0 fully saturated rings. The maximum atomic E-state index is 5.31. The first-order chi connectivity index (χ1) is 7.00. The largest absolute Gasteiger partial charge is 0.369 e. The van der Waals surface area contributed by atoms with Crippen LogP contribution in [0.4, 0.5) is 0 Å². The number of rotatable bonds is 0. The Kier molecular flexibility index (Phi) is 6.85. The molecule has 0 amide bonds. The maximum absolute atomic E-state index is 5.31. The van der Waals surface area contributed by atoms with Crippen LogP contribution in [0.5, 0.6) is 0 Å². The quantitative estimate of drug-likeness (QED) is 0.543. The Morgan fingerprint density at radius 3 is 1.64 bits per heavy atom. The summed E-state index contributed by atoms with van der Waals surface area (Å²) in [5.74, 6) is 12.0. The van der Waals surface area contributed by atoms with Crippen LogP contribution in [0.1, 0.15) is 25.7 Å². The van der Waals surface area contributed by atoms with E-state index in [4.69, 9.17) is 9.47 Å². The summed E-state index contributed by atoms with van der Waals surface area (Å²) >= 11 is 0. The Labute approximate surface area is 86.0 Å². The van der Waals surface area contributed by atoms with Gasteiger partial charge in [0, 0.05) is 26.1 Å². The molecule has 14 heavy (non-hydrogen) atoms. The Bertz CT molecular complexity index is 201. The normalized spacial score (nSPS) is 19.4. The molecule has 0 aromatic carbocycles. The van der Waals surface area contributed by atoms with Crippen molar-refractivity contribution in [1.82, 2.24) is 0 Å². The van der Waals surface area contributed by atoms with E-state index in [9.17, 15) is 0 Å². The van der Waals surface area contributed by atoms with Crippen molar-refractivity contribution in [2.24, 2.45) is 0 Å². The molecule has 0 unspecified atom stereocenters. The standard InChI is InChI=1S/C12H16O2/c1-2-6-10-14-12-8-4-3-7-11-13-9-5-1/h1,4-5,8-12H2. The van der Waals surface area contributed by atoms with Crippen LogP contribution in [0.3, 0.4) is 0 Å². The Balaban J connectivity index is 2.21. The molecule has 1 heterocycles. The van der Waals surface area contributed by atoms with Crippen molar-refractivity contribution in [2.75, 3.05) is 26.4 Å². The van der Waals surface area contributed by atoms with Crippen molar-refractivity contribution in [3.63, 3.8) is 0 Å². The molecular formula is C12H16O2. The molecule has 1 aliphatic rings. The first-order valence-electron chi connectivity index (χ1n) is 5.07. The predicted molar refractivity (Wildman–Crippen MR) is 55.7 cm³/mol. The summed E-state index contributed by atoms with van der Waals surface area (Å²) in [5.41, 5.74) is 0. The van der Waals surface area contributed by atoms with Gasteiger partial charge in [-0.2, -0.15) is 0 Å². The molecule has 0 spiro atoms. The molecule has 0 aromatic rings. The highest BCUT2D eigenvalue weighted by Crippen LogP contribution is 1.91. The van der Waals surface area contributed by atoms with Crippen LogP contribution in [0.2, 0.25) is 0 Å². The Morgan fingerprint density at radius 2 is 1.14 bits per heavy atom. The second-order valence-electron chi connectivity index (χ2n) is 3.02. The van der Waals surface area contributed by atoms with Gasteiger partial charge in [-0.05, 0) is 12.8 Å². The van der Waals surface area contributed by atoms with E-state index in [1.54, 1.807) is 0 Å². The molecule has 0 atom stereocenters. The maximum Gasteiger partial charge on any atom is 0.107 e. The van der Waals surface area contributed by atoms with Gasteiger partial charge in [0.2, 0.25) is 0 Å². The summed E-state index contributed by atoms with van der Waals surface area (Å²) in [6.45, 7) is 2.61. The van der Waals surface area contributed by atoms with Gasteiger partial charge < -0.3 is 9.47 Å². The minimum absolute atomic E-state index is 0.550. The first-order valence-corrected chi connectivity index (χ1v) is 5.07. The summed E-state index contributed by atoms with van der Waals surface area (Å²) in [6, 6.07) is 0. The van der Waals surface area contributed by atoms with Crippen molar-refractivity contribution in [2.45, 2.75) is 25.7 Å². The minimum Gasteiger partial charge on any atom is -0.369 e. The zero-order valence-electron chi connectivity index (χ0n) is 8.47. The van der Waals surface area contributed by atoms with E-state index in [0.717, 1.165) is 38.9 Å². The molecule has 1 rings (SSSR count). The van der Waals surface area contributed by atoms with E-state index < -0.39 is 0 Å². The molecule has 2 heteroatoms. The van der Waals surface area contributed by atoms with Crippen LogP contribution in [0.25, 0.3) is 0 Å². The van der Waals surface area contributed by atoms with Gasteiger partial charge in [0.25, 0.3) is 0 Å². The molecule has 76 valence electrons. The summed E-state index contributed by atoms with van der Waals surface area (Å²) in [6.07, 6.45) is 3.73. The van der Waals surface area contributed by atoms with Gasteiger partial charge in [-0.25, -0.2) is 0 Å². The van der Waals surface area contributed by atoms with E-state index in [0.29, 0.717) is 13.2 Å². The summed E-state index contributed by atoms with van der Waals surface area (Å²) < 4.78 is 10.6. The molecule has 0 N–H and O–H groups in total. The lowest BCUT2D eigenvalue weighted by molar-refractivity contribution is 0.162. The van der Waals surface area contributed by atoms with Gasteiger partial charge in [-0.15, -0.1) is 11.8 Å². The molecule has 0 radical (unpaired) electrons. The minimum atomic E-state index is 0.550. The van der Waals surface area contributed by atoms with Crippen LogP contribution in [-0.2, 0) is 9.47 Å². The van der Waals surface area contributed by atoms with Crippen molar-refractivity contribution < 1.29 is 9.47 Å². The highest BCUT2D eigenvalue weighted by Gasteiger charge is 1.87.